The van der Waals surface area contributed by atoms with Crippen molar-refractivity contribution >= 4 is 5.91 Å². The highest BCUT2D eigenvalue weighted by atomic mass is 16.5. The van der Waals surface area contributed by atoms with Crippen molar-refractivity contribution in [1.29, 1.82) is 0 Å². The molecule has 0 aliphatic carbocycles. The third-order valence-corrected chi connectivity index (χ3v) is 4.61. The van der Waals surface area contributed by atoms with Crippen LogP contribution in [-0.2, 0) is 0 Å². The van der Waals surface area contributed by atoms with Gasteiger partial charge in [-0.05, 0) is 24.7 Å². The van der Waals surface area contributed by atoms with E-state index in [4.69, 9.17) is 8.94 Å². The molecule has 25 heavy (non-hydrogen) atoms. The Morgan fingerprint density at radius 1 is 1.12 bits per heavy atom. The summed E-state index contributed by atoms with van der Waals surface area (Å²) in [7, 11) is 2.09. The second-order valence-electron chi connectivity index (χ2n) is 6.21. The van der Waals surface area contributed by atoms with Gasteiger partial charge in [0.25, 0.3) is 5.91 Å². The smallest absolute Gasteiger partial charge is 0.276 e. The van der Waals surface area contributed by atoms with Crippen molar-refractivity contribution in [2.45, 2.75) is 6.04 Å². The maximum absolute atomic E-state index is 12.8. The summed E-state index contributed by atoms with van der Waals surface area (Å²) < 4.78 is 10.5. The van der Waals surface area contributed by atoms with Gasteiger partial charge in [0.1, 0.15) is 0 Å². The van der Waals surface area contributed by atoms with Crippen LogP contribution in [0.5, 0.6) is 0 Å². The van der Waals surface area contributed by atoms with Crippen molar-refractivity contribution in [3.8, 4) is 11.5 Å². The zero-order valence-electron chi connectivity index (χ0n) is 14.0. The van der Waals surface area contributed by atoms with Gasteiger partial charge in [0, 0.05) is 25.7 Å². The van der Waals surface area contributed by atoms with Gasteiger partial charge in [-0.25, -0.2) is 0 Å². The molecule has 6 nitrogen and oxygen atoms in total. The molecule has 3 heterocycles. The molecular weight excluding hydrogens is 318 g/mol. The molecule has 0 bridgehead atoms. The number of likely N-dealkylation sites (N-methyl/N-ethyl adjacent to an activating group) is 1. The van der Waals surface area contributed by atoms with Crippen molar-refractivity contribution in [3.63, 3.8) is 0 Å². The summed E-state index contributed by atoms with van der Waals surface area (Å²) in [5.41, 5.74) is 1.52. The molecule has 4 rings (SSSR count). The summed E-state index contributed by atoms with van der Waals surface area (Å²) in [6, 6.07) is 15.6. The van der Waals surface area contributed by atoms with Crippen LogP contribution in [0.25, 0.3) is 11.5 Å². The summed E-state index contributed by atoms with van der Waals surface area (Å²) in [5.74, 6) is 0.907. The van der Waals surface area contributed by atoms with E-state index in [-0.39, 0.29) is 11.9 Å². The van der Waals surface area contributed by atoms with E-state index in [1.807, 2.05) is 23.1 Å². The maximum Gasteiger partial charge on any atom is 0.276 e. The number of amides is 1. The second kappa shape index (κ2) is 6.57. The number of hydrogen-bond acceptors (Lipinski definition) is 5. The molecule has 0 radical (unpaired) electrons. The van der Waals surface area contributed by atoms with Crippen molar-refractivity contribution in [3.05, 3.63) is 66.1 Å². The van der Waals surface area contributed by atoms with E-state index < -0.39 is 0 Å². The summed E-state index contributed by atoms with van der Waals surface area (Å²) in [5, 5.41) is 3.92. The quantitative estimate of drug-likeness (QED) is 0.735. The minimum atomic E-state index is -0.115. The normalized spacial score (nSPS) is 18.4. The Kier molecular flexibility index (Phi) is 4.11. The Labute approximate surface area is 145 Å². The van der Waals surface area contributed by atoms with Crippen molar-refractivity contribution in [2.75, 3.05) is 26.7 Å². The van der Waals surface area contributed by atoms with E-state index in [9.17, 15) is 4.79 Å². The molecule has 1 amide bonds. The van der Waals surface area contributed by atoms with Gasteiger partial charge in [-0.1, -0.05) is 35.5 Å². The molecule has 1 aromatic carbocycles. The van der Waals surface area contributed by atoms with E-state index >= 15 is 0 Å². The lowest BCUT2D eigenvalue weighted by atomic mass is 10.0. The minimum Gasteiger partial charge on any atom is -0.461 e. The van der Waals surface area contributed by atoms with Gasteiger partial charge in [-0.15, -0.1) is 0 Å². The number of nitrogens with zero attached hydrogens (tertiary/aromatic N) is 3. The first-order valence-electron chi connectivity index (χ1n) is 8.27. The fourth-order valence-corrected chi connectivity index (χ4v) is 3.17. The lowest BCUT2D eigenvalue weighted by Gasteiger charge is -2.39. The van der Waals surface area contributed by atoms with Gasteiger partial charge in [0.05, 0.1) is 12.3 Å². The molecular formula is C19H19N3O3. The molecule has 0 saturated carbocycles. The van der Waals surface area contributed by atoms with E-state index in [1.54, 1.807) is 24.5 Å². The molecule has 0 N–H and O–H groups in total. The molecule has 6 heteroatoms. The lowest BCUT2D eigenvalue weighted by Crippen LogP contribution is -2.49. The minimum absolute atomic E-state index is 0.115. The molecule has 1 unspecified atom stereocenters. The first-order valence-corrected chi connectivity index (χ1v) is 8.27. The largest absolute Gasteiger partial charge is 0.461 e. The van der Waals surface area contributed by atoms with Crippen LogP contribution in [0.4, 0.5) is 0 Å². The van der Waals surface area contributed by atoms with Crippen molar-refractivity contribution < 1.29 is 13.7 Å². The molecule has 1 aliphatic rings. The zero-order chi connectivity index (χ0) is 17.2. The highest BCUT2D eigenvalue weighted by Crippen LogP contribution is 2.26. The van der Waals surface area contributed by atoms with Crippen molar-refractivity contribution in [1.82, 2.24) is 15.0 Å². The fraction of sp³-hybridized carbons (Fsp3) is 0.263. The van der Waals surface area contributed by atoms with Gasteiger partial charge in [-0.2, -0.15) is 0 Å². The van der Waals surface area contributed by atoms with Crippen LogP contribution < -0.4 is 0 Å². The maximum atomic E-state index is 12.8. The van der Waals surface area contributed by atoms with E-state index in [0.717, 1.165) is 6.54 Å². The van der Waals surface area contributed by atoms with E-state index in [2.05, 4.69) is 29.2 Å². The molecule has 2 aromatic heterocycles. The number of piperazine rings is 1. The predicted octanol–water partition coefficient (Wildman–Crippen LogP) is 3.06. The average Bonchev–Trinajstić information content (AvgIpc) is 3.34. The van der Waals surface area contributed by atoms with Gasteiger partial charge >= 0.3 is 0 Å². The van der Waals surface area contributed by atoms with Crippen LogP contribution >= 0.6 is 0 Å². The molecule has 3 aromatic rings. The van der Waals surface area contributed by atoms with Gasteiger partial charge in [0.15, 0.2) is 11.5 Å². The van der Waals surface area contributed by atoms with Crippen molar-refractivity contribution in [2.24, 2.45) is 0 Å². The summed E-state index contributed by atoms with van der Waals surface area (Å²) in [6.07, 6.45) is 1.56. The predicted molar refractivity (Wildman–Crippen MR) is 91.9 cm³/mol. The SMILES string of the molecule is CN1CCN(C(=O)c2cc(-c3ccco3)on2)CC1c1ccccc1. The second-order valence-corrected chi connectivity index (χ2v) is 6.21. The number of carbonyl (C=O) groups is 1. The average molecular weight is 337 g/mol. The number of rotatable bonds is 3. The monoisotopic (exact) mass is 337 g/mol. The number of hydrogen-bond donors (Lipinski definition) is 0. The number of furan rings is 1. The van der Waals surface area contributed by atoms with Crippen LogP contribution in [0.2, 0.25) is 0 Å². The van der Waals surface area contributed by atoms with Crippen LogP contribution in [0, 0.1) is 0 Å². The molecule has 1 saturated heterocycles. The third kappa shape index (κ3) is 3.08. The highest BCUT2D eigenvalue weighted by molar-refractivity contribution is 5.93. The molecule has 1 aliphatic heterocycles. The molecule has 1 fully saturated rings. The molecule has 128 valence electrons. The number of benzene rings is 1. The van der Waals surface area contributed by atoms with Gasteiger partial charge < -0.3 is 13.8 Å². The summed E-state index contributed by atoms with van der Waals surface area (Å²) >= 11 is 0. The van der Waals surface area contributed by atoms with Crippen LogP contribution in [-0.4, -0.2) is 47.5 Å². The van der Waals surface area contributed by atoms with Gasteiger partial charge in [0.2, 0.25) is 5.76 Å². The van der Waals surface area contributed by atoms with Crippen LogP contribution in [0.15, 0.2) is 63.7 Å². The van der Waals surface area contributed by atoms with Crippen LogP contribution in [0.3, 0.4) is 0 Å². The first-order chi connectivity index (χ1) is 12.2. The fourth-order valence-electron chi connectivity index (χ4n) is 3.17. The molecule has 0 spiro atoms. The third-order valence-electron chi connectivity index (χ3n) is 4.61. The Morgan fingerprint density at radius 3 is 2.72 bits per heavy atom. The Balaban J connectivity index is 1.52. The zero-order valence-corrected chi connectivity index (χ0v) is 14.0. The summed E-state index contributed by atoms with van der Waals surface area (Å²) in [4.78, 5) is 16.9. The van der Waals surface area contributed by atoms with E-state index in [0.29, 0.717) is 30.3 Å². The summed E-state index contributed by atoms with van der Waals surface area (Å²) in [6.45, 7) is 2.11. The topological polar surface area (TPSA) is 62.7 Å². The Bertz CT molecular complexity index is 842. The van der Waals surface area contributed by atoms with Gasteiger partial charge in [-0.3, -0.25) is 9.69 Å². The Hall–Kier alpha value is -2.86. The van der Waals surface area contributed by atoms with E-state index in [1.165, 1.54) is 5.56 Å². The number of carbonyl (C=O) groups excluding carboxylic acids is 1. The van der Waals surface area contributed by atoms with Crippen LogP contribution in [0.1, 0.15) is 22.1 Å². The lowest BCUT2D eigenvalue weighted by molar-refractivity contribution is 0.0537. The molecule has 1 atom stereocenters. The standard InChI is InChI=1S/C19H19N3O3/c1-21-9-10-22(13-16(21)14-6-3-2-4-7-14)19(23)15-12-18(25-20-15)17-8-5-11-24-17/h2-8,11-12,16H,9-10,13H2,1H3. The number of aromatic nitrogens is 1. The first kappa shape index (κ1) is 15.7. The highest BCUT2D eigenvalue weighted by Gasteiger charge is 2.30. The Morgan fingerprint density at radius 2 is 1.96 bits per heavy atom.